The maximum absolute atomic E-state index is 11.3. The molecule has 0 fully saturated rings. The summed E-state index contributed by atoms with van der Waals surface area (Å²) in [5.41, 5.74) is 0. The van der Waals surface area contributed by atoms with E-state index in [1.54, 1.807) is 24.3 Å². The highest BCUT2D eigenvalue weighted by atomic mass is 35.6. The number of nitrogens with one attached hydrogen (secondary N) is 1. The summed E-state index contributed by atoms with van der Waals surface area (Å²) in [7, 11) is 0. The van der Waals surface area contributed by atoms with Crippen molar-refractivity contribution >= 4 is 40.7 Å². The van der Waals surface area contributed by atoms with Gasteiger partial charge in [0.25, 0.3) is 5.91 Å². The van der Waals surface area contributed by atoms with Gasteiger partial charge in [0.05, 0.1) is 0 Å². The third-order valence-electron chi connectivity index (χ3n) is 1.72. The lowest BCUT2D eigenvalue weighted by atomic mass is 10.3. The lowest BCUT2D eigenvalue weighted by Gasteiger charge is -2.19. The van der Waals surface area contributed by atoms with E-state index in [0.717, 1.165) is 0 Å². The summed E-state index contributed by atoms with van der Waals surface area (Å²) in [6.07, 6.45) is -1.58. The van der Waals surface area contributed by atoms with E-state index in [-0.39, 0.29) is 6.61 Å². The number of amides is 1. The molecule has 4 nitrogen and oxygen atoms in total. The summed E-state index contributed by atoms with van der Waals surface area (Å²) in [5, 5.41) is 11.4. The number of aliphatic hydroxyl groups excluding tert-OH is 1. The van der Waals surface area contributed by atoms with Gasteiger partial charge in [-0.3, -0.25) is 4.79 Å². The summed E-state index contributed by atoms with van der Waals surface area (Å²) >= 11 is 16.1. The van der Waals surface area contributed by atoms with Gasteiger partial charge in [0.2, 0.25) is 3.79 Å². The van der Waals surface area contributed by atoms with Gasteiger partial charge in [-0.15, -0.1) is 0 Å². The number of ether oxygens (including phenoxy) is 1. The minimum atomic E-state index is -1.97. The molecule has 1 aromatic rings. The van der Waals surface area contributed by atoms with Gasteiger partial charge in [0.15, 0.2) is 12.8 Å². The Bertz CT molecular complexity index is 367. The van der Waals surface area contributed by atoms with Crippen molar-refractivity contribution in [1.29, 1.82) is 0 Å². The van der Waals surface area contributed by atoms with Gasteiger partial charge in [0, 0.05) is 0 Å². The molecule has 1 rings (SSSR count). The van der Waals surface area contributed by atoms with E-state index < -0.39 is 15.9 Å². The molecule has 0 aliphatic carbocycles. The lowest BCUT2D eigenvalue weighted by molar-refractivity contribution is -0.126. The molecule has 0 unspecified atom stereocenters. The summed E-state index contributed by atoms with van der Waals surface area (Å²) in [5.74, 6) is -0.0568. The molecular weight excluding hydrogens is 288 g/mol. The highest BCUT2D eigenvalue weighted by Gasteiger charge is 2.32. The molecule has 0 aliphatic rings. The van der Waals surface area contributed by atoms with E-state index in [1.807, 2.05) is 6.07 Å². The number of alkyl halides is 3. The summed E-state index contributed by atoms with van der Waals surface area (Å²) in [4.78, 5) is 11.3. The van der Waals surface area contributed by atoms with Crippen LogP contribution in [0.3, 0.4) is 0 Å². The molecule has 1 atom stereocenters. The largest absolute Gasteiger partial charge is 0.484 e. The van der Waals surface area contributed by atoms with Crippen molar-refractivity contribution in [2.45, 2.75) is 10.0 Å². The lowest BCUT2D eigenvalue weighted by Crippen LogP contribution is -2.45. The maximum Gasteiger partial charge on any atom is 0.260 e. The van der Waals surface area contributed by atoms with Crippen LogP contribution in [0.15, 0.2) is 30.3 Å². The van der Waals surface area contributed by atoms with E-state index in [9.17, 15) is 9.90 Å². The van der Waals surface area contributed by atoms with E-state index in [2.05, 4.69) is 5.32 Å². The Morgan fingerprint density at radius 3 is 2.47 bits per heavy atom. The fourth-order valence-corrected chi connectivity index (χ4v) is 1.11. The first kappa shape index (κ1) is 14.4. The Balaban J connectivity index is 2.36. The number of hydrogen-bond donors (Lipinski definition) is 2. The molecule has 0 heterocycles. The van der Waals surface area contributed by atoms with Crippen LogP contribution in [0, 0.1) is 0 Å². The minimum absolute atomic E-state index is 0.276. The Morgan fingerprint density at radius 1 is 1.35 bits per heavy atom. The number of carbonyl (C=O) groups is 1. The number of para-hydroxylation sites is 1. The number of hydrogen-bond acceptors (Lipinski definition) is 3. The molecule has 2 N–H and O–H groups in total. The number of rotatable bonds is 4. The number of carbonyl (C=O) groups excluding carboxylic acids is 1. The Labute approximate surface area is 113 Å². The molecule has 0 saturated heterocycles. The summed E-state index contributed by atoms with van der Waals surface area (Å²) in [6.45, 7) is -0.276. The maximum atomic E-state index is 11.3. The van der Waals surface area contributed by atoms with E-state index in [0.29, 0.717) is 5.75 Å². The SMILES string of the molecule is O=C(COc1ccccc1)N[C@@H](O)C(Cl)(Cl)Cl. The normalized spacial score (nSPS) is 12.9. The molecule has 7 heteroatoms. The Morgan fingerprint density at radius 2 is 1.94 bits per heavy atom. The second-order valence-electron chi connectivity index (χ2n) is 3.11. The molecule has 0 bridgehead atoms. The van der Waals surface area contributed by atoms with Crippen molar-refractivity contribution in [2.24, 2.45) is 0 Å². The van der Waals surface area contributed by atoms with Crippen LogP contribution in [0.25, 0.3) is 0 Å². The van der Waals surface area contributed by atoms with Crippen molar-refractivity contribution < 1.29 is 14.6 Å². The standard InChI is InChI=1S/C10H10Cl3NO3/c11-10(12,13)9(16)14-8(15)6-17-7-4-2-1-3-5-7/h1-5,9,16H,6H2,(H,14,15)/t9-/m0/s1. The molecule has 17 heavy (non-hydrogen) atoms. The van der Waals surface area contributed by atoms with Gasteiger partial charge < -0.3 is 15.2 Å². The van der Waals surface area contributed by atoms with Crippen molar-refractivity contribution in [3.05, 3.63) is 30.3 Å². The fraction of sp³-hybridized carbons (Fsp3) is 0.300. The molecule has 0 spiro atoms. The van der Waals surface area contributed by atoms with Crippen LogP contribution in [0.1, 0.15) is 0 Å². The van der Waals surface area contributed by atoms with Gasteiger partial charge in [-0.2, -0.15) is 0 Å². The molecule has 94 valence electrons. The highest BCUT2D eigenvalue weighted by Crippen LogP contribution is 2.28. The zero-order chi connectivity index (χ0) is 12.9. The van der Waals surface area contributed by atoms with E-state index >= 15 is 0 Å². The molecular formula is C10H10Cl3NO3. The number of halogens is 3. The quantitative estimate of drug-likeness (QED) is 0.659. The zero-order valence-electron chi connectivity index (χ0n) is 8.57. The van der Waals surface area contributed by atoms with Crippen LogP contribution < -0.4 is 10.1 Å². The molecule has 0 aromatic heterocycles. The predicted octanol–water partition coefficient (Wildman–Crippen LogP) is 1.87. The van der Waals surface area contributed by atoms with Crippen LogP contribution in [-0.2, 0) is 4.79 Å². The second kappa shape index (κ2) is 6.31. The van der Waals surface area contributed by atoms with Crippen LogP contribution in [0.2, 0.25) is 0 Å². The number of aliphatic hydroxyl groups is 1. The first-order chi connectivity index (χ1) is 7.89. The van der Waals surface area contributed by atoms with Gasteiger partial charge in [0.1, 0.15) is 5.75 Å². The van der Waals surface area contributed by atoms with Gasteiger partial charge in [-0.05, 0) is 12.1 Å². The average molecular weight is 299 g/mol. The Kier molecular flexibility index (Phi) is 5.33. The van der Waals surface area contributed by atoms with Crippen molar-refractivity contribution in [3.8, 4) is 5.75 Å². The summed E-state index contributed by atoms with van der Waals surface area (Å²) < 4.78 is 3.16. The first-order valence-electron chi connectivity index (χ1n) is 4.61. The van der Waals surface area contributed by atoms with Crippen LogP contribution in [-0.4, -0.2) is 27.6 Å². The fourth-order valence-electron chi connectivity index (χ4n) is 0.942. The smallest absolute Gasteiger partial charge is 0.260 e. The Hall–Kier alpha value is -0.680. The second-order valence-corrected chi connectivity index (χ2v) is 5.48. The molecule has 0 aliphatic heterocycles. The predicted molar refractivity (Wildman–Crippen MR) is 66.4 cm³/mol. The van der Waals surface area contributed by atoms with Crippen LogP contribution in [0.4, 0.5) is 0 Å². The minimum Gasteiger partial charge on any atom is -0.484 e. The average Bonchev–Trinajstić information content (AvgIpc) is 2.26. The molecule has 0 saturated carbocycles. The highest BCUT2D eigenvalue weighted by molar-refractivity contribution is 6.68. The number of benzene rings is 1. The van der Waals surface area contributed by atoms with Crippen LogP contribution >= 0.6 is 34.8 Å². The summed E-state index contributed by atoms with van der Waals surface area (Å²) in [6, 6.07) is 8.74. The van der Waals surface area contributed by atoms with Crippen LogP contribution in [0.5, 0.6) is 5.75 Å². The molecule has 0 radical (unpaired) electrons. The van der Waals surface area contributed by atoms with Gasteiger partial charge in [-0.1, -0.05) is 53.0 Å². The molecule has 1 amide bonds. The van der Waals surface area contributed by atoms with E-state index in [4.69, 9.17) is 39.5 Å². The third kappa shape index (κ3) is 5.46. The van der Waals surface area contributed by atoms with E-state index in [1.165, 1.54) is 0 Å². The van der Waals surface area contributed by atoms with Crippen molar-refractivity contribution in [3.63, 3.8) is 0 Å². The molecule has 1 aromatic carbocycles. The topological polar surface area (TPSA) is 58.6 Å². The first-order valence-corrected chi connectivity index (χ1v) is 5.75. The van der Waals surface area contributed by atoms with Gasteiger partial charge >= 0.3 is 0 Å². The van der Waals surface area contributed by atoms with Gasteiger partial charge in [-0.25, -0.2) is 0 Å². The van der Waals surface area contributed by atoms with Crippen molar-refractivity contribution in [1.82, 2.24) is 5.32 Å². The third-order valence-corrected chi connectivity index (χ3v) is 2.34. The zero-order valence-corrected chi connectivity index (χ0v) is 10.8. The van der Waals surface area contributed by atoms with Crippen molar-refractivity contribution in [2.75, 3.05) is 6.61 Å². The monoisotopic (exact) mass is 297 g/mol.